The van der Waals surface area contributed by atoms with Gasteiger partial charge in [-0.2, -0.15) is 0 Å². The summed E-state index contributed by atoms with van der Waals surface area (Å²) in [6, 6.07) is 13.3. The van der Waals surface area contributed by atoms with Crippen molar-refractivity contribution in [3.05, 3.63) is 54.1 Å². The first-order chi connectivity index (χ1) is 11.1. The Hall–Kier alpha value is -3.02. The summed E-state index contributed by atoms with van der Waals surface area (Å²) in [6.45, 7) is 1.99. The lowest BCUT2D eigenvalue weighted by molar-refractivity contribution is -0.114. The Morgan fingerprint density at radius 1 is 1.13 bits per heavy atom. The Morgan fingerprint density at radius 2 is 1.91 bits per heavy atom. The molecule has 2 amide bonds. The number of carbonyl (C=O) groups is 2. The van der Waals surface area contributed by atoms with Gasteiger partial charge in [-0.25, -0.2) is 0 Å². The molecule has 0 spiro atoms. The van der Waals surface area contributed by atoms with Crippen molar-refractivity contribution in [3.8, 4) is 11.5 Å². The van der Waals surface area contributed by atoms with Gasteiger partial charge in [0.15, 0.2) is 0 Å². The highest BCUT2D eigenvalue weighted by atomic mass is 16.5. The van der Waals surface area contributed by atoms with Crippen LogP contribution in [0.2, 0.25) is 0 Å². The number of amides is 2. The molecule has 0 saturated heterocycles. The zero-order valence-corrected chi connectivity index (χ0v) is 12.7. The molecule has 23 heavy (non-hydrogen) atoms. The van der Waals surface area contributed by atoms with E-state index in [0.717, 1.165) is 0 Å². The van der Waals surface area contributed by atoms with E-state index in [1.165, 1.54) is 13.0 Å². The average Bonchev–Trinajstić information content (AvgIpc) is 2.51. The van der Waals surface area contributed by atoms with Crippen LogP contribution in [-0.4, -0.2) is 30.1 Å². The Labute approximate surface area is 134 Å². The minimum Gasteiger partial charge on any atom is -0.507 e. The van der Waals surface area contributed by atoms with E-state index in [9.17, 15) is 14.7 Å². The molecule has 0 aromatic heterocycles. The number of phenolic OH excluding ortho intramolecular Hbond substituents is 1. The molecule has 0 aliphatic rings. The molecule has 0 radical (unpaired) electrons. The molecule has 2 rings (SSSR count). The molecular weight excluding hydrogens is 296 g/mol. The van der Waals surface area contributed by atoms with Crippen LogP contribution in [0.1, 0.15) is 17.3 Å². The van der Waals surface area contributed by atoms with E-state index in [1.54, 1.807) is 42.5 Å². The van der Waals surface area contributed by atoms with Crippen LogP contribution in [0, 0.1) is 0 Å². The van der Waals surface area contributed by atoms with Crippen LogP contribution in [0.4, 0.5) is 5.69 Å². The molecule has 0 heterocycles. The molecule has 2 aromatic rings. The van der Waals surface area contributed by atoms with Gasteiger partial charge in [0.2, 0.25) is 5.91 Å². The van der Waals surface area contributed by atoms with Crippen LogP contribution < -0.4 is 15.4 Å². The summed E-state index contributed by atoms with van der Waals surface area (Å²) in [4.78, 5) is 22.9. The monoisotopic (exact) mass is 314 g/mol. The molecule has 0 saturated carbocycles. The maximum absolute atomic E-state index is 11.9. The predicted octanol–water partition coefficient (Wildman–Crippen LogP) is 2.16. The topological polar surface area (TPSA) is 87.7 Å². The van der Waals surface area contributed by atoms with Gasteiger partial charge in [-0.1, -0.05) is 18.2 Å². The zero-order valence-electron chi connectivity index (χ0n) is 12.7. The minimum absolute atomic E-state index is 0.0612. The number of rotatable bonds is 6. The zero-order chi connectivity index (χ0) is 16.7. The molecule has 0 unspecified atom stereocenters. The van der Waals surface area contributed by atoms with Gasteiger partial charge in [0.1, 0.15) is 18.1 Å². The van der Waals surface area contributed by atoms with Gasteiger partial charge < -0.3 is 20.5 Å². The first-order valence-corrected chi connectivity index (χ1v) is 7.13. The van der Waals surface area contributed by atoms with E-state index in [-0.39, 0.29) is 36.3 Å². The SMILES string of the molecule is CC(=O)Nc1cccc(OCCNC(=O)c2ccccc2O)c1. The second kappa shape index (κ2) is 7.84. The summed E-state index contributed by atoms with van der Waals surface area (Å²) < 4.78 is 5.52. The number of hydrogen-bond donors (Lipinski definition) is 3. The highest BCUT2D eigenvalue weighted by Gasteiger charge is 2.09. The molecular formula is C17H18N2O4. The number of hydrogen-bond acceptors (Lipinski definition) is 4. The van der Waals surface area contributed by atoms with Gasteiger partial charge in [0, 0.05) is 18.7 Å². The Bertz CT molecular complexity index is 700. The number of ether oxygens (including phenoxy) is 1. The summed E-state index contributed by atoms with van der Waals surface area (Å²) in [5, 5.41) is 14.9. The smallest absolute Gasteiger partial charge is 0.255 e. The van der Waals surface area contributed by atoms with Crippen LogP contribution in [0.3, 0.4) is 0 Å². The summed E-state index contributed by atoms with van der Waals surface area (Å²) >= 11 is 0. The second-order valence-electron chi connectivity index (χ2n) is 4.83. The normalized spacial score (nSPS) is 9.96. The van der Waals surface area contributed by atoms with Crippen LogP contribution in [-0.2, 0) is 4.79 Å². The highest BCUT2D eigenvalue weighted by Crippen LogP contribution is 2.17. The lowest BCUT2D eigenvalue weighted by atomic mass is 10.2. The molecule has 0 bridgehead atoms. The lowest BCUT2D eigenvalue weighted by Crippen LogP contribution is -2.28. The van der Waals surface area contributed by atoms with Gasteiger partial charge in [0.05, 0.1) is 12.1 Å². The van der Waals surface area contributed by atoms with Gasteiger partial charge in [0.25, 0.3) is 5.91 Å². The van der Waals surface area contributed by atoms with Crippen molar-refractivity contribution in [2.24, 2.45) is 0 Å². The van der Waals surface area contributed by atoms with Crippen molar-refractivity contribution in [3.63, 3.8) is 0 Å². The van der Waals surface area contributed by atoms with E-state index in [4.69, 9.17) is 4.74 Å². The molecule has 0 aliphatic heterocycles. The second-order valence-corrected chi connectivity index (χ2v) is 4.83. The van der Waals surface area contributed by atoms with E-state index in [2.05, 4.69) is 10.6 Å². The van der Waals surface area contributed by atoms with Crippen LogP contribution in [0.5, 0.6) is 11.5 Å². The number of phenols is 1. The standard InChI is InChI=1S/C17H18N2O4/c1-12(20)19-13-5-4-6-14(11-13)23-10-9-18-17(22)15-7-2-3-8-16(15)21/h2-8,11,21H,9-10H2,1H3,(H,18,22)(H,19,20). The van der Waals surface area contributed by atoms with Gasteiger partial charge in [-0.05, 0) is 24.3 Å². The fourth-order valence-corrected chi connectivity index (χ4v) is 1.96. The molecule has 6 heteroatoms. The number of carbonyl (C=O) groups excluding carboxylic acids is 2. The third-order valence-electron chi connectivity index (χ3n) is 2.96. The van der Waals surface area contributed by atoms with E-state index < -0.39 is 0 Å². The number of nitrogens with one attached hydrogen (secondary N) is 2. The van der Waals surface area contributed by atoms with Crippen molar-refractivity contribution in [2.45, 2.75) is 6.92 Å². The third kappa shape index (κ3) is 5.03. The number of aromatic hydroxyl groups is 1. The van der Waals surface area contributed by atoms with E-state index >= 15 is 0 Å². The first kappa shape index (κ1) is 16.4. The Morgan fingerprint density at radius 3 is 2.65 bits per heavy atom. The van der Waals surface area contributed by atoms with Gasteiger partial charge in [-0.3, -0.25) is 9.59 Å². The molecule has 0 aliphatic carbocycles. The fraction of sp³-hybridized carbons (Fsp3) is 0.176. The summed E-state index contributed by atoms with van der Waals surface area (Å²) in [5.74, 6) is 0.0118. The van der Waals surface area contributed by atoms with Crippen LogP contribution in [0.25, 0.3) is 0 Å². The molecule has 120 valence electrons. The van der Waals surface area contributed by atoms with Crippen LogP contribution in [0.15, 0.2) is 48.5 Å². The molecule has 2 aromatic carbocycles. The summed E-state index contributed by atoms with van der Waals surface area (Å²) in [7, 11) is 0. The Balaban J connectivity index is 1.80. The van der Waals surface area contributed by atoms with Crippen molar-refractivity contribution in [1.82, 2.24) is 5.32 Å². The summed E-state index contributed by atoms with van der Waals surface area (Å²) in [5.41, 5.74) is 0.869. The first-order valence-electron chi connectivity index (χ1n) is 7.13. The lowest BCUT2D eigenvalue weighted by Gasteiger charge is -2.10. The molecule has 0 fully saturated rings. The largest absolute Gasteiger partial charge is 0.507 e. The van der Waals surface area contributed by atoms with E-state index in [1.807, 2.05) is 0 Å². The number of para-hydroxylation sites is 1. The predicted molar refractivity (Wildman–Crippen MR) is 86.7 cm³/mol. The third-order valence-corrected chi connectivity index (χ3v) is 2.96. The fourth-order valence-electron chi connectivity index (χ4n) is 1.96. The van der Waals surface area contributed by atoms with Crippen molar-refractivity contribution < 1.29 is 19.4 Å². The maximum Gasteiger partial charge on any atom is 0.255 e. The van der Waals surface area contributed by atoms with Crippen molar-refractivity contribution >= 4 is 17.5 Å². The molecule has 3 N–H and O–H groups in total. The quantitative estimate of drug-likeness (QED) is 0.713. The molecule has 0 atom stereocenters. The van der Waals surface area contributed by atoms with Crippen LogP contribution >= 0.6 is 0 Å². The van der Waals surface area contributed by atoms with E-state index in [0.29, 0.717) is 11.4 Å². The number of anilines is 1. The molecule has 6 nitrogen and oxygen atoms in total. The maximum atomic E-state index is 11.9. The summed E-state index contributed by atoms with van der Waals surface area (Å²) in [6.07, 6.45) is 0. The van der Waals surface area contributed by atoms with Crippen molar-refractivity contribution in [1.29, 1.82) is 0 Å². The Kier molecular flexibility index (Phi) is 5.57. The average molecular weight is 314 g/mol. The number of benzene rings is 2. The van der Waals surface area contributed by atoms with Crippen molar-refractivity contribution in [2.75, 3.05) is 18.5 Å². The van der Waals surface area contributed by atoms with Gasteiger partial charge >= 0.3 is 0 Å². The van der Waals surface area contributed by atoms with Gasteiger partial charge in [-0.15, -0.1) is 0 Å². The minimum atomic E-state index is -0.362. The highest BCUT2D eigenvalue weighted by molar-refractivity contribution is 5.96.